The highest BCUT2D eigenvalue weighted by molar-refractivity contribution is 6.30. The molecule has 5 heteroatoms. The van der Waals surface area contributed by atoms with Gasteiger partial charge in [0.05, 0.1) is 16.8 Å². The largest absolute Gasteiger partial charge is 0.247 e. The smallest absolute Gasteiger partial charge is 0.161 e. The molecule has 2 aromatic rings. The fourth-order valence-corrected chi connectivity index (χ4v) is 3.88. The van der Waals surface area contributed by atoms with E-state index in [0.717, 1.165) is 42.6 Å². The molecule has 120 valence electrons. The van der Waals surface area contributed by atoms with Gasteiger partial charge in [-0.25, -0.2) is 9.37 Å². The van der Waals surface area contributed by atoms with Gasteiger partial charge in [0.25, 0.3) is 0 Å². The summed E-state index contributed by atoms with van der Waals surface area (Å²) in [4.78, 5) is 4.83. The Morgan fingerprint density at radius 2 is 1.65 bits per heavy atom. The Morgan fingerprint density at radius 3 is 2.35 bits per heavy atom. The Balaban J connectivity index is 1.76. The maximum atomic E-state index is 13.8. The highest BCUT2D eigenvalue weighted by atomic mass is 35.5. The summed E-state index contributed by atoms with van der Waals surface area (Å²) in [5.41, 5.74) is 2.67. The molecule has 0 spiro atoms. The zero-order chi connectivity index (χ0) is 15.9. The summed E-state index contributed by atoms with van der Waals surface area (Å²) in [5.74, 6) is 0.675. The molecule has 3 nitrogen and oxygen atoms in total. The van der Waals surface area contributed by atoms with Crippen LogP contribution in [-0.2, 0) is 18.3 Å². The van der Waals surface area contributed by atoms with Crippen molar-refractivity contribution in [1.29, 1.82) is 0 Å². The van der Waals surface area contributed by atoms with Crippen molar-refractivity contribution in [2.75, 3.05) is 0 Å². The third kappa shape index (κ3) is 2.63. The summed E-state index contributed by atoms with van der Waals surface area (Å²) < 4.78 is 13.8. The quantitative estimate of drug-likeness (QED) is 0.774. The molecule has 1 heterocycles. The molecular formula is C18H19ClFN3. The molecule has 0 bridgehead atoms. The van der Waals surface area contributed by atoms with Crippen LogP contribution in [0.5, 0.6) is 0 Å². The summed E-state index contributed by atoms with van der Waals surface area (Å²) in [7, 11) is 0. The second-order valence-electron chi connectivity index (χ2n) is 6.68. The molecule has 0 atom stereocenters. The summed E-state index contributed by atoms with van der Waals surface area (Å²) >= 11 is 5.99. The highest BCUT2D eigenvalue weighted by Gasteiger charge is 2.50. The Labute approximate surface area is 140 Å². The first-order valence-electron chi connectivity index (χ1n) is 8.30. The van der Waals surface area contributed by atoms with E-state index in [1.807, 2.05) is 24.3 Å². The molecule has 0 radical (unpaired) electrons. The predicted molar refractivity (Wildman–Crippen MR) is 87.4 cm³/mol. The lowest BCUT2D eigenvalue weighted by atomic mass is 9.62. The van der Waals surface area contributed by atoms with Crippen molar-refractivity contribution < 1.29 is 4.39 Å². The van der Waals surface area contributed by atoms with Crippen molar-refractivity contribution in [1.82, 2.24) is 15.2 Å². The summed E-state index contributed by atoms with van der Waals surface area (Å²) in [6.45, 7) is 0. The zero-order valence-corrected chi connectivity index (χ0v) is 13.7. The van der Waals surface area contributed by atoms with Gasteiger partial charge in [-0.05, 0) is 56.2 Å². The van der Waals surface area contributed by atoms with Crippen LogP contribution in [0.25, 0.3) is 0 Å². The number of benzene rings is 1. The van der Waals surface area contributed by atoms with Crippen molar-refractivity contribution in [3.05, 3.63) is 52.1 Å². The number of aromatic nitrogens is 3. The Bertz CT molecular complexity index is 711. The third-order valence-corrected chi connectivity index (χ3v) is 5.38. The van der Waals surface area contributed by atoms with Crippen LogP contribution in [0, 0.1) is 0 Å². The van der Waals surface area contributed by atoms with E-state index in [2.05, 4.69) is 10.2 Å². The topological polar surface area (TPSA) is 38.7 Å². The van der Waals surface area contributed by atoms with Crippen LogP contribution in [0.15, 0.2) is 24.3 Å². The van der Waals surface area contributed by atoms with Crippen molar-refractivity contribution in [2.45, 2.75) is 56.5 Å². The molecule has 2 aliphatic rings. The monoisotopic (exact) mass is 331 g/mol. The number of halogens is 2. The van der Waals surface area contributed by atoms with Gasteiger partial charge in [0.15, 0.2) is 5.82 Å². The predicted octanol–water partition coefficient (Wildman–Crippen LogP) is 4.21. The second kappa shape index (κ2) is 5.82. The van der Waals surface area contributed by atoms with Gasteiger partial charge < -0.3 is 0 Å². The van der Waals surface area contributed by atoms with E-state index in [-0.39, 0.29) is 0 Å². The van der Waals surface area contributed by atoms with E-state index in [1.54, 1.807) is 0 Å². The molecule has 1 aromatic carbocycles. The molecule has 0 unspecified atom stereocenters. The summed E-state index contributed by atoms with van der Waals surface area (Å²) in [6, 6.07) is 7.62. The standard InChI is InChI=1S/C18H19ClFN3/c19-13-8-6-12(7-9-13)18(10-14(20)11-18)17-21-15-4-2-1-3-5-16(15)22-23-17/h6-9,14H,1-5,10-11H2/t14-,18-. The van der Waals surface area contributed by atoms with Gasteiger partial charge in [-0.1, -0.05) is 30.2 Å². The van der Waals surface area contributed by atoms with Crippen LogP contribution in [0.1, 0.15) is 54.9 Å². The molecule has 0 N–H and O–H groups in total. The normalized spacial score (nSPS) is 27.0. The molecule has 2 aliphatic carbocycles. The van der Waals surface area contributed by atoms with Crippen LogP contribution in [0.2, 0.25) is 5.02 Å². The first-order valence-corrected chi connectivity index (χ1v) is 8.68. The average Bonchev–Trinajstić information content (AvgIpc) is 2.77. The first-order chi connectivity index (χ1) is 11.2. The molecule has 0 aliphatic heterocycles. The molecular weight excluding hydrogens is 313 g/mol. The number of fused-ring (bicyclic) bond motifs is 1. The maximum Gasteiger partial charge on any atom is 0.161 e. The number of hydrogen-bond acceptors (Lipinski definition) is 3. The van der Waals surface area contributed by atoms with E-state index in [1.165, 1.54) is 6.42 Å². The SMILES string of the molecule is F[C@H]1C[C@](c2ccc(Cl)cc2)(c2nnc3c(n2)CCCCC3)C1. The minimum Gasteiger partial charge on any atom is -0.247 e. The van der Waals surface area contributed by atoms with Gasteiger partial charge in [-0.15, -0.1) is 5.10 Å². The summed E-state index contributed by atoms with van der Waals surface area (Å²) in [6.07, 6.45) is 5.46. The van der Waals surface area contributed by atoms with Gasteiger partial charge in [0.1, 0.15) is 6.17 Å². The molecule has 0 amide bonds. The second-order valence-corrected chi connectivity index (χ2v) is 7.12. The summed E-state index contributed by atoms with van der Waals surface area (Å²) in [5, 5.41) is 9.52. The number of aryl methyl sites for hydroxylation is 2. The molecule has 1 fully saturated rings. The fraction of sp³-hybridized carbons (Fsp3) is 0.500. The molecule has 23 heavy (non-hydrogen) atoms. The van der Waals surface area contributed by atoms with Crippen LogP contribution in [0.3, 0.4) is 0 Å². The van der Waals surface area contributed by atoms with E-state index in [0.29, 0.717) is 23.7 Å². The third-order valence-electron chi connectivity index (χ3n) is 5.13. The van der Waals surface area contributed by atoms with Gasteiger partial charge >= 0.3 is 0 Å². The Morgan fingerprint density at radius 1 is 0.957 bits per heavy atom. The van der Waals surface area contributed by atoms with E-state index < -0.39 is 11.6 Å². The van der Waals surface area contributed by atoms with Gasteiger partial charge in [-0.3, -0.25) is 0 Å². The molecule has 1 saturated carbocycles. The lowest BCUT2D eigenvalue weighted by molar-refractivity contribution is 0.115. The van der Waals surface area contributed by atoms with E-state index in [4.69, 9.17) is 16.6 Å². The first kappa shape index (κ1) is 15.0. The minimum atomic E-state index is -0.798. The Hall–Kier alpha value is -1.55. The van der Waals surface area contributed by atoms with Crippen molar-refractivity contribution in [2.24, 2.45) is 0 Å². The number of alkyl halides is 1. The van der Waals surface area contributed by atoms with Gasteiger partial charge in [0, 0.05) is 5.02 Å². The van der Waals surface area contributed by atoms with Crippen LogP contribution >= 0.6 is 11.6 Å². The number of hydrogen-bond donors (Lipinski definition) is 0. The van der Waals surface area contributed by atoms with Crippen molar-refractivity contribution in [3.8, 4) is 0 Å². The lowest BCUT2D eigenvalue weighted by Gasteiger charge is -2.43. The van der Waals surface area contributed by atoms with Crippen molar-refractivity contribution >= 4 is 11.6 Å². The Kier molecular flexibility index (Phi) is 3.80. The van der Waals surface area contributed by atoms with Crippen LogP contribution < -0.4 is 0 Å². The van der Waals surface area contributed by atoms with Crippen molar-refractivity contribution in [3.63, 3.8) is 0 Å². The molecule has 1 aromatic heterocycles. The number of nitrogens with zero attached hydrogens (tertiary/aromatic N) is 3. The maximum absolute atomic E-state index is 13.8. The van der Waals surface area contributed by atoms with E-state index >= 15 is 0 Å². The van der Waals surface area contributed by atoms with Crippen LogP contribution in [0.4, 0.5) is 4.39 Å². The fourth-order valence-electron chi connectivity index (χ4n) is 3.75. The van der Waals surface area contributed by atoms with Crippen LogP contribution in [-0.4, -0.2) is 21.4 Å². The lowest BCUT2D eigenvalue weighted by Crippen LogP contribution is -2.45. The molecule has 0 saturated heterocycles. The highest BCUT2D eigenvalue weighted by Crippen LogP contribution is 2.49. The van der Waals surface area contributed by atoms with Gasteiger partial charge in [-0.2, -0.15) is 5.10 Å². The minimum absolute atomic E-state index is 0.426. The molecule has 4 rings (SSSR count). The average molecular weight is 332 g/mol. The van der Waals surface area contributed by atoms with Gasteiger partial charge in [0.2, 0.25) is 0 Å². The zero-order valence-electron chi connectivity index (χ0n) is 12.9. The van der Waals surface area contributed by atoms with E-state index in [9.17, 15) is 4.39 Å². The number of rotatable bonds is 2.